The first kappa shape index (κ1) is 18.9. The third-order valence-electron chi connectivity index (χ3n) is 3.91. The van der Waals surface area contributed by atoms with E-state index < -0.39 is 0 Å². The van der Waals surface area contributed by atoms with E-state index in [4.69, 9.17) is 4.74 Å². The monoisotopic (exact) mass is 354 g/mol. The molecule has 0 spiro atoms. The molecule has 7 heteroatoms. The van der Waals surface area contributed by atoms with Gasteiger partial charge in [0.2, 0.25) is 0 Å². The van der Waals surface area contributed by atoms with Gasteiger partial charge in [-0.2, -0.15) is 0 Å². The Kier molecular flexibility index (Phi) is 6.34. The van der Waals surface area contributed by atoms with Crippen LogP contribution in [0.3, 0.4) is 0 Å². The van der Waals surface area contributed by atoms with Crippen molar-refractivity contribution in [2.45, 2.75) is 51.6 Å². The van der Waals surface area contributed by atoms with Crippen molar-refractivity contribution in [1.82, 2.24) is 9.88 Å². The molecular weight excluding hydrogens is 328 g/mol. The lowest BCUT2D eigenvalue weighted by Crippen LogP contribution is -2.39. The Morgan fingerprint density at radius 1 is 1.46 bits per heavy atom. The molecule has 1 unspecified atom stereocenters. The molecule has 0 aromatic carbocycles. The van der Waals surface area contributed by atoms with E-state index in [2.05, 4.69) is 30.5 Å². The van der Waals surface area contributed by atoms with Crippen molar-refractivity contribution in [1.29, 1.82) is 0 Å². The fourth-order valence-corrected chi connectivity index (χ4v) is 3.40. The molecule has 1 aromatic heterocycles. The van der Waals surface area contributed by atoms with Gasteiger partial charge in [0, 0.05) is 30.5 Å². The van der Waals surface area contributed by atoms with E-state index in [1.807, 2.05) is 0 Å². The van der Waals surface area contributed by atoms with Gasteiger partial charge in [-0.25, -0.2) is 4.98 Å². The maximum Gasteiger partial charge on any atom is 0.307 e. The maximum atomic E-state index is 12.8. The summed E-state index contributed by atoms with van der Waals surface area (Å²) in [5.41, 5.74) is 0.349. The van der Waals surface area contributed by atoms with Gasteiger partial charge < -0.3 is 14.4 Å². The van der Waals surface area contributed by atoms with Gasteiger partial charge in [-0.05, 0) is 12.8 Å². The zero-order valence-corrected chi connectivity index (χ0v) is 15.6. The lowest BCUT2D eigenvalue weighted by Gasteiger charge is -2.24. The van der Waals surface area contributed by atoms with Crippen LogP contribution >= 0.6 is 11.3 Å². The van der Waals surface area contributed by atoms with Gasteiger partial charge in [0.05, 0.1) is 24.6 Å². The second-order valence-electron chi connectivity index (χ2n) is 7.00. The molecule has 1 amide bonds. The average Bonchev–Trinajstić information content (AvgIpc) is 3.20. The molecule has 1 aromatic rings. The van der Waals surface area contributed by atoms with Crippen molar-refractivity contribution in [3.05, 3.63) is 16.1 Å². The Balaban J connectivity index is 2.09. The van der Waals surface area contributed by atoms with Gasteiger partial charge in [0.1, 0.15) is 5.69 Å². The van der Waals surface area contributed by atoms with Crippen molar-refractivity contribution >= 4 is 23.2 Å². The molecule has 0 aliphatic carbocycles. The number of hydrogen-bond acceptors (Lipinski definition) is 6. The Labute approximate surface area is 147 Å². The van der Waals surface area contributed by atoms with Gasteiger partial charge in [0.15, 0.2) is 0 Å². The van der Waals surface area contributed by atoms with Crippen molar-refractivity contribution in [3.8, 4) is 0 Å². The lowest BCUT2D eigenvalue weighted by atomic mass is 9.98. The summed E-state index contributed by atoms with van der Waals surface area (Å²) in [4.78, 5) is 30.4. The quantitative estimate of drug-likeness (QED) is 0.735. The molecule has 0 saturated carbocycles. The minimum absolute atomic E-state index is 0.0346. The van der Waals surface area contributed by atoms with E-state index in [1.165, 1.54) is 18.4 Å². The van der Waals surface area contributed by atoms with Gasteiger partial charge in [-0.1, -0.05) is 20.8 Å². The van der Waals surface area contributed by atoms with Crippen LogP contribution in [0, 0.1) is 0 Å². The molecule has 24 heavy (non-hydrogen) atoms. The summed E-state index contributed by atoms with van der Waals surface area (Å²) in [6, 6.07) is 0. The summed E-state index contributed by atoms with van der Waals surface area (Å²) in [6.45, 7) is 7.74. The Hall–Kier alpha value is -1.47. The summed E-state index contributed by atoms with van der Waals surface area (Å²) in [7, 11) is 1.35. The van der Waals surface area contributed by atoms with E-state index in [1.54, 1.807) is 10.3 Å². The summed E-state index contributed by atoms with van der Waals surface area (Å²) in [6.07, 6.45) is 2.15. The lowest BCUT2D eigenvalue weighted by molar-refractivity contribution is -0.140. The molecule has 2 rings (SSSR count). The second-order valence-corrected chi connectivity index (χ2v) is 7.86. The Morgan fingerprint density at radius 2 is 2.21 bits per heavy atom. The fraction of sp³-hybridized carbons (Fsp3) is 0.706. The molecule has 0 N–H and O–H groups in total. The first-order chi connectivity index (χ1) is 11.3. The van der Waals surface area contributed by atoms with E-state index >= 15 is 0 Å². The molecule has 1 aliphatic rings. The molecule has 1 aliphatic heterocycles. The largest absolute Gasteiger partial charge is 0.469 e. The van der Waals surface area contributed by atoms with Crippen LogP contribution < -0.4 is 0 Å². The number of methoxy groups -OCH3 is 1. The number of aromatic nitrogens is 1. The molecule has 0 radical (unpaired) electrons. The minimum atomic E-state index is -0.325. The van der Waals surface area contributed by atoms with Crippen LogP contribution in [0.25, 0.3) is 0 Å². The highest BCUT2D eigenvalue weighted by Crippen LogP contribution is 2.26. The molecule has 134 valence electrons. The third kappa shape index (κ3) is 5.01. The molecule has 1 atom stereocenters. The number of carbonyl (C=O) groups excluding carboxylic acids is 2. The second kappa shape index (κ2) is 8.07. The zero-order valence-electron chi connectivity index (χ0n) is 14.8. The highest BCUT2D eigenvalue weighted by atomic mass is 32.1. The zero-order chi connectivity index (χ0) is 17.7. The standard InChI is InChI=1S/C17H26N2O4S/c1-17(2,3)16-18-13(11-24-16)15(21)19(8-7-14(20)22-4)10-12-6-5-9-23-12/h11-12H,5-10H2,1-4H3. The van der Waals surface area contributed by atoms with Crippen LogP contribution in [-0.4, -0.2) is 54.7 Å². The topological polar surface area (TPSA) is 68.7 Å². The highest BCUT2D eigenvalue weighted by molar-refractivity contribution is 7.10. The SMILES string of the molecule is COC(=O)CCN(CC1CCCO1)C(=O)c1csc(C(C)(C)C)n1. The predicted octanol–water partition coefficient (Wildman–Crippen LogP) is 2.62. The van der Waals surface area contributed by atoms with E-state index in [0.717, 1.165) is 24.5 Å². The number of nitrogens with zero attached hydrogens (tertiary/aromatic N) is 2. The van der Waals surface area contributed by atoms with Crippen LogP contribution in [0.4, 0.5) is 0 Å². The molecular formula is C17H26N2O4S. The number of thiazole rings is 1. The Bertz CT molecular complexity index is 573. The fourth-order valence-electron chi connectivity index (χ4n) is 2.52. The summed E-state index contributed by atoms with van der Waals surface area (Å²) in [5, 5.41) is 2.72. The Morgan fingerprint density at radius 3 is 2.75 bits per heavy atom. The van der Waals surface area contributed by atoms with Crippen molar-refractivity contribution in [2.75, 3.05) is 26.8 Å². The molecule has 1 saturated heterocycles. The number of hydrogen-bond donors (Lipinski definition) is 0. The van der Waals surface area contributed by atoms with Gasteiger partial charge >= 0.3 is 5.97 Å². The van der Waals surface area contributed by atoms with E-state index in [-0.39, 0.29) is 29.8 Å². The first-order valence-corrected chi connectivity index (χ1v) is 9.13. The van der Waals surface area contributed by atoms with Crippen LogP contribution in [0.2, 0.25) is 0 Å². The van der Waals surface area contributed by atoms with Crippen molar-refractivity contribution in [3.63, 3.8) is 0 Å². The van der Waals surface area contributed by atoms with Crippen LogP contribution in [0.5, 0.6) is 0 Å². The van der Waals surface area contributed by atoms with Gasteiger partial charge in [0.25, 0.3) is 5.91 Å². The first-order valence-electron chi connectivity index (χ1n) is 8.25. The normalized spacial score (nSPS) is 17.8. The predicted molar refractivity (Wildman–Crippen MR) is 92.3 cm³/mol. The van der Waals surface area contributed by atoms with Gasteiger partial charge in [-0.3, -0.25) is 9.59 Å². The number of amides is 1. The van der Waals surface area contributed by atoms with E-state index in [9.17, 15) is 9.59 Å². The highest BCUT2D eigenvalue weighted by Gasteiger charge is 2.27. The van der Waals surface area contributed by atoms with E-state index in [0.29, 0.717) is 18.8 Å². The van der Waals surface area contributed by atoms with Crippen LogP contribution in [0.1, 0.15) is 55.5 Å². The molecule has 2 heterocycles. The summed E-state index contributed by atoms with van der Waals surface area (Å²) in [5.74, 6) is -0.477. The molecule has 6 nitrogen and oxygen atoms in total. The molecule has 1 fully saturated rings. The number of esters is 1. The number of rotatable bonds is 6. The average molecular weight is 354 g/mol. The van der Waals surface area contributed by atoms with Gasteiger partial charge in [-0.15, -0.1) is 11.3 Å². The third-order valence-corrected chi connectivity index (χ3v) is 5.18. The van der Waals surface area contributed by atoms with Crippen LogP contribution in [-0.2, 0) is 19.7 Å². The van der Waals surface area contributed by atoms with Crippen LogP contribution in [0.15, 0.2) is 5.38 Å². The minimum Gasteiger partial charge on any atom is -0.469 e. The number of carbonyl (C=O) groups is 2. The van der Waals surface area contributed by atoms with Crippen molar-refractivity contribution in [2.24, 2.45) is 0 Å². The maximum absolute atomic E-state index is 12.8. The number of ether oxygens (including phenoxy) is 2. The molecule has 0 bridgehead atoms. The van der Waals surface area contributed by atoms with Crippen molar-refractivity contribution < 1.29 is 19.1 Å². The summed E-state index contributed by atoms with van der Waals surface area (Å²) >= 11 is 1.49. The summed E-state index contributed by atoms with van der Waals surface area (Å²) < 4.78 is 10.3. The smallest absolute Gasteiger partial charge is 0.307 e.